The van der Waals surface area contributed by atoms with E-state index < -0.39 is 6.04 Å². The summed E-state index contributed by atoms with van der Waals surface area (Å²) in [5.74, 6) is -0.362. The molecule has 0 unspecified atom stereocenters. The average Bonchev–Trinajstić information content (AvgIpc) is 2.16. The van der Waals surface area contributed by atoms with Gasteiger partial charge < -0.3 is 10.5 Å². The summed E-state index contributed by atoms with van der Waals surface area (Å²) in [6.45, 7) is 0. The van der Waals surface area contributed by atoms with E-state index in [-0.39, 0.29) is 12.4 Å². The Morgan fingerprint density at radius 2 is 1.93 bits per heavy atom. The first-order valence-electron chi connectivity index (χ1n) is 4.31. The first-order valence-corrected chi connectivity index (χ1v) is 5.07. The van der Waals surface area contributed by atoms with E-state index in [1.807, 2.05) is 0 Å². The molecule has 1 rings (SSSR count). The minimum absolute atomic E-state index is 0.104. The summed E-state index contributed by atoms with van der Waals surface area (Å²) in [6, 6.07) is 4.52. The van der Waals surface area contributed by atoms with Gasteiger partial charge in [-0.15, -0.1) is 0 Å². The molecule has 0 amide bonds. The number of rotatable bonds is 3. The van der Waals surface area contributed by atoms with Gasteiger partial charge in [-0.2, -0.15) is 0 Å². The lowest BCUT2D eigenvalue weighted by Crippen LogP contribution is -2.16. The fourth-order valence-corrected chi connectivity index (χ4v) is 1.71. The molecule has 0 aliphatic rings. The van der Waals surface area contributed by atoms with Crippen LogP contribution in [-0.4, -0.2) is 13.1 Å². The fourth-order valence-electron chi connectivity index (χ4n) is 1.17. The van der Waals surface area contributed by atoms with Crippen LogP contribution in [0.4, 0.5) is 0 Å². The summed E-state index contributed by atoms with van der Waals surface area (Å²) in [6.07, 6.45) is 0.104. The van der Waals surface area contributed by atoms with Crippen LogP contribution in [0, 0.1) is 0 Å². The number of nitrogens with two attached hydrogens (primary N) is 1. The van der Waals surface area contributed by atoms with E-state index in [9.17, 15) is 4.79 Å². The van der Waals surface area contributed by atoms with Gasteiger partial charge in [-0.3, -0.25) is 4.79 Å². The van der Waals surface area contributed by atoms with Gasteiger partial charge in [0.15, 0.2) is 0 Å². The highest BCUT2D eigenvalue weighted by Gasteiger charge is 2.12. The Kier molecular flexibility index (Phi) is 4.39. The number of carbonyl (C=O) groups excluding carboxylic acids is 1. The first-order chi connectivity index (χ1) is 7.02. The molecule has 0 aromatic heterocycles. The van der Waals surface area contributed by atoms with Crippen molar-refractivity contribution in [3.63, 3.8) is 0 Å². The molecule has 0 aliphatic heterocycles. The largest absolute Gasteiger partial charge is 0.469 e. The highest BCUT2D eigenvalue weighted by atomic mass is 35.5. The third-order valence-corrected chi connectivity index (χ3v) is 2.36. The molecule has 1 atom stereocenters. The monoisotopic (exact) mass is 247 g/mol. The minimum atomic E-state index is -0.450. The normalized spacial score (nSPS) is 12.3. The van der Waals surface area contributed by atoms with E-state index in [2.05, 4.69) is 4.74 Å². The van der Waals surface area contributed by atoms with Gasteiger partial charge in [-0.25, -0.2) is 0 Å². The predicted octanol–water partition coefficient (Wildman–Crippen LogP) is 2.56. The van der Waals surface area contributed by atoms with Crippen molar-refractivity contribution in [3.05, 3.63) is 33.8 Å². The van der Waals surface area contributed by atoms with E-state index in [1.54, 1.807) is 18.2 Å². The van der Waals surface area contributed by atoms with E-state index in [1.165, 1.54) is 7.11 Å². The Labute approximate surface area is 98.1 Å². The zero-order chi connectivity index (χ0) is 11.4. The van der Waals surface area contributed by atoms with Gasteiger partial charge in [0.2, 0.25) is 0 Å². The molecule has 0 saturated carbocycles. The molecule has 15 heavy (non-hydrogen) atoms. The van der Waals surface area contributed by atoms with Gasteiger partial charge >= 0.3 is 5.97 Å². The van der Waals surface area contributed by atoms with Crippen LogP contribution in [-0.2, 0) is 9.53 Å². The molecule has 0 aliphatic carbocycles. The zero-order valence-corrected chi connectivity index (χ0v) is 9.68. The lowest BCUT2D eigenvalue weighted by atomic mass is 10.1. The molecule has 2 N–H and O–H groups in total. The molecule has 0 saturated heterocycles. The van der Waals surface area contributed by atoms with E-state index in [0.29, 0.717) is 10.0 Å². The maximum absolute atomic E-state index is 11.0. The van der Waals surface area contributed by atoms with Crippen LogP contribution >= 0.6 is 23.2 Å². The number of hydrogen-bond acceptors (Lipinski definition) is 3. The van der Waals surface area contributed by atoms with Crippen LogP contribution in [0.3, 0.4) is 0 Å². The topological polar surface area (TPSA) is 52.3 Å². The van der Waals surface area contributed by atoms with Crippen LogP contribution in [0.25, 0.3) is 0 Å². The standard InChI is InChI=1S/C10H11Cl2NO2/c1-15-10(14)5-9(13)6-2-7(11)4-8(12)3-6/h2-4,9H,5,13H2,1H3/t9-/m0/s1. The van der Waals surface area contributed by atoms with Gasteiger partial charge in [0.1, 0.15) is 0 Å². The molecule has 0 bridgehead atoms. The average molecular weight is 248 g/mol. The van der Waals surface area contributed by atoms with E-state index in [4.69, 9.17) is 28.9 Å². The Morgan fingerprint density at radius 3 is 2.40 bits per heavy atom. The quantitative estimate of drug-likeness (QED) is 0.836. The summed E-state index contributed by atoms with van der Waals surface area (Å²) >= 11 is 11.6. The second-order valence-electron chi connectivity index (χ2n) is 3.09. The van der Waals surface area contributed by atoms with Crippen molar-refractivity contribution < 1.29 is 9.53 Å². The zero-order valence-electron chi connectivity index (χ0n) is 8.17. The van der Waals surface area contributed by atoms with E-state index in [0.717, 1.165) is 5.56 Å². The number of ether oxygens (including phenoxy) is 1. The third-order valence-electron chi connectivity index (χ3n) is 1.93. The van der Waals surface area contributed by atoms with Crippen LogP contribution < -0.4 is 5.73 Å². The Bertz CT molecular complexity index is 348. The minimum Gasteiger partial charge on any atom is -0.469 e. The Morgan fingerprint density at radius 1 is 1.40 bits per heavy atom. The molecule has 0 radical (unpaired) electrons. The van der Waals surface area contributed by atoms with Crippen molar-refractivity contribution in [3.8, 4) is 0 Å². The predicted molar refractivity (Wildman–Crippen MR) is 60.0 cm³/mol. The lowest BCUT2D eigenvalue weighted by Gasteiger charge is -2.11. The molecular weight excluding hydrogens is 237 g/mol. The molecule has 5 heteroatoms. The van der Waals surface area contributed by atoms with Gasteiger partial charge in [0, 0.05) is 16.1 Å². The first kappa shape index (κ1) is 12.3. The fraction of sp³-hybridized carbons (Fsp3) is 0.300. The van der Waals surface area contributed by atoms with Crippen molar-refractivity contribution in [2.24, 2.45) is 5.73 Å². The van der Waals surface area contributed by atoms with Gasteiger partial charge in [0.05, 0.1) is 13.5 Å². The van der Waals surface area contributed by atoms with Gasteiger partial charge in [-0.1, -0.05) is 23.2 Å². The summed E-state index contributed by atoms with van der Waals surface area (Å²) in [7, 11) is 1.32. The summed E-state index contributed by atoms with van der Waals surface area (Å²) in [5, 5.41) is 0.996. The summed E-state index contributed by atoms with van der Waals surface area (Å²) in [4.78, 5) is 11.0. The van der Waals surface area contributed by atoms with Crippen LogP contribution in [0.15, 0.2) is 18.2 Å². The molecule has 0 fully saturated rings. The SMILES string of the molecule is COC(=O)C[C@H](N)c1cc(Cl)cc(Cl)c1. The molecule has 1 aromatic rings. The molecule has 82 valence electrons. The highest BCUT2D eigenvalue weighted by Crippen LogP contribution is 2.24. The highest BCUT2D eigenvalue weighted by molar-refractivity contribution is 6.34. The van der Waals surface area contributed by atoms with Crippen LogP contribution in [0.1, 0.15) is 18.0 Å². The third kappa shape index (κ3) is 3.70. The van der Waals surface area contributed by atoms with Crippen molar-refractivity contribution in [2.45, 2.75) is 12.5 Å². The molecule has 0 heterocycles. The van der Waals surface area contributed by atoms with E-state index >= 15 is 0 Å². The number of carbonyl (C=O) groups is 1. The van der Waals surface area contributed by atoms with Crippen molar-refractivity contribution in [1.29, 1.82) is 0 Å². The van der Waals surface area contributed by atoms with Crippen molar-refractivity contribution in [2.75, 3.05) is 7.11 Å². The van der Waals surface area contributed by atoms with Crippen LogP contribution in [0.2, 0.25) is 10.0 Å². The van der Waals surface area contributed by atoms with Gasteiger partial charge in [0.25, 0.3) is 0 Å². The summed E-state index contributed by atoms with van der Waals surface area (Å²) < 4.78 is 4.52. The van der Waals surface area contributed by atoms with Gasteiger partial charge in [-0.05, 0) is 23.8 Å². The van der Waals surface area contributed by atoms with Crippen LogP contribution in [0.5, 0.6) is 0 Å². The number of methoxy groups -OCH3 is 1. The molecule has 0 spiro atoms. The number of hydrogen-bond donors (Lipinski definition) is 1. The van der Waals surface area contributed by atoms with Crippen molar-refractivity contribution >= 4 is 29.2 Å². The number of esters is 1. The maximum atomic E-state index is 11.0. The lowest BCUT2D eigenvalue weighted by molar-refractivity contribution is -0.141. The number of benzene rings is 1. The molecular formula is C10H11Cl2NO2. The maximum Gasteiger partial charge on any atom is 0.307 e. The Hall–Kier alpha value is -0.770. The Balaban J connectivity index is 2.81. The van der Waals surface area contributed by atoms with Crippen molar-refractivity contribution in [1.82, 2.24) is 0 Å². The number of halogens is 2. The molecule has 3 nitrogen and oxygen atoms in total. The smallest absolute Gasteiger partial charge is 0.307 e. The second kappa shape index (κ2) is 5.35. The molecule has 1 aromatic carbocycles. The summed E-state index contributed by atoms with van der Waals surface area (Å²) in [5.41, 5.74) is 6.51. The second-order valence-corrected chi connectivity index (χ2v) is 3.96.